The van der Waals surface area contributed by atoms with Gasteiger partial charge in [-0.15, -0.1) is 0 Å². The van der Waals surface area contributed by atoms with Crippen LogP contribution in [-0.2, 0) is 0 Å². The van der Waals surface area contributed by atoms with Crippen molar-refractivity contribution in [3.05, 3.63) is 28.6 Å². The van der Waals surface area contributed by atoms with Gasteiger partial charge in [-0.25, -0.2) is 0 Å². The highest BCUT2D eigenvalue weighted by molar-refractivity contribution is 5.44. The summed E-state index contributed by atoms with van der Waals surface area (Å²) in [6.45, 7) is 8.37. The van der Waals surface area contributed by atoms with E-state index in [1.165, 1.54) is 17.2 Å². The Morgan fingerprint density at radius 1 is 1.43 bits per heavy atom. The average molecular weight is 190 g/mol. The molecular formula is C13H18O. The first-order valence-electron chi connectivity index (χ1n) is 5.01. The summed E-state index contributed by atoms with van der Waals surface area (Å²) in [5.41, 5.74) is 1.39. The fraction of sp³-hybridized carbons (Fsp3) is 0.385. The average Bonchev–Trinajstić information content (AvgIpc) is 2.19. The number of ether oxygens (including phenoxy) is 1. The van der Waals surface area contributed by atoms with Crippen LogP contribution in [0.15, 0.2) is 18.2 Å². The Labute approximate surface area is 85.7 Å². The maximum Gasteiger partial charge on any atom is 0.119 e. The van der Waals surface area contributed by atoms with Crippen LogP contribution in [0.2, 0.25) is 0 Å². The Kier molecular flexibility index (Phi) is 3.75. The third-order valence-electron chi connectivity index (χ3n) is 2.40. The second kappa shape index (κ2) is 4.85. The third kappa shape index (κ3) is 2.38. The molecule has 0 atom stereocenters. The van der Waals surface area contributed by atoms with Crippen molar-refractivity contribution in [2.45, 2.75) is 26.7 Å². The second-order valence-electron chi connectivity index (χ2n) is 3.55. The Morgan fingerprint density at radius 2 is 2.14 bits per heavy atom. The summed E-state index contributed by atoms with van der Waals surface area (Å²) in [5, 5.41) is 2.31. The molecule has 1 rings (SSSR count). The zero-order valence-electron chi connectivity index (χ0n) is 9.26. The molecule has 0 aliphatic heterocycles. The summed E-state index contributed by atoms with van der Waals surface area (Å²) in [6, 6.07) is 6.02. The van der Waals surface area contributed by atoms with Gasteiger partial charge in [-0.2, -0.15) is 0 Å². The van der Waals surface area contributed by atoms with Gasteiger partial charge in [0.1, 0.15) is 5.75 Å². The Bertz CT molecular complexity index is 404. The molecule has 0 fully saturated rings. The molecule has 0 amide bonds. The van der Waals surface area contributed by atoms with Crippen LogP contribution in [0.25, 0.3) is 12.2 Å². The lowest BCUT2D eigenvalue weighted by Crippen LogP contribution is -2.24. The van der Waals surface area contributed by atoms with Crippen LogP contribution in [0.4, 0.5) is 0 Å². The van der Waals surface area contributed by atoms with Crippen molar-refractivity contribution in [3.8, 4) is 5.75 Å². The van der Waals surface area contributed by atoms with Gasteiger partial charge in [0.2, 0.25) is 0 Å². The lowest BCUT2D eigenvalue weighted by atomic mass is 10.1. The largest absolute Gasteiger partial charge is 0.497 e. The Hall–Kier alpha value is -1.24. The lowest BCUT2D eigenvalue weighted by molar-refractivity contribution is 0.414. The minimum absolute atomic E-state index is 0.905. The molecule has 0 spiro atoms. The zero-order valence-corrected chi connectivity index (χ0v) is 9.26. The third-order valence-corrected chi connectivity index (χ3v) is 2.40. The first-order valence-corrected chi connectivity index (χ1v) is 5.01. The normalized spacial score (nSPS) is 12.5. The van der Waals surface area contributed by atoms with Crippen molar-refractivity contribution in [3.63, 3.8) is 0 Å². The predicted molar refractivity (Wildman–Crippen MR) is 61.8 cm³/mol. The molecule has 0 saturated carbocycles. The summed E-state index contributed by atoms with van der Waals surface area (Å²) in [7, 11) is 1.69. The lowest BCUT2D eigenvalue weighted by Gasteiger charge is -2.02. The molecule has 0 aromatic heterocycles. The zero-order chi connectivity index (χ0) is 10.6. The van der Waals surface area contributed by atoms with E-state index < -0.39 is 0 Å². The van der Waals surface area contributed by atoms with Gasteiger partial charge >= 0.3 is 0 Å². The molecule has 1 aromatic carbocycles. The molecule has 0 unspecified atom stereocenters. The van der Waals surface area contributed by atoms with Gasteiger partial charge in [-0.1, -0.05) is 31.6 Å². The topological polar surface area (TPSA) is 9.23 Å². The van der Waals surface area contributed by atoms with Gasteiger partial charge in [-0.3, -0.25) is 0 Å². The molecule has 0 N–H and O–H groups in total. The summed E-state index contributed by atoms with van der Waals surface area (Å²) in [4.78, 5) is 0. The predicted octanol–water partition coefficient (Wildman–Crippen LogP) is 2.08. The van der Waals surface area contributed by atoms with Gasteiger partial charge in [-0.05, 0) is 35.9 Å². The number of hydrogen-bond donors (Lipinski definition) is 0. The van der Waals surface area contributed by atoms with Crippen LogP contribution in [0.3, 0.4) is 0 Å². The molecule has 0 saturated heterocycles. The molecule has 0 aliphatic carbocycles. The van der Waals surface area contributed by atoms with Crippen molar-refractivity contribution >= 4 is 12.2 Å². The van der Waals surface area contributed by atoms with E-state index in [1.54, 1.807) is 7.11 Å². The van der Waals surface area contributed by atoms with Gasteiger partial charge in [0.05, 0.1) is 7.11 Å². The summed E-state index contributed by atoms with van der Waals surface area (Å²) in [5.74, 6) is 0.905. The van der Waals surface area contributed by atoms with Crippen molar-refractivity contribution < 1.29 is 4.74 Å². The smallest absolute Gasteiger partial charge is 0.119 e. The quantitative estimate of drug-likeness (QED) is 0.709. The molecule has 1 nitrogen and oxygen atoms in total. The van der Waals surface area contributed by atoms with Crippen LogP contribution in [0.1, 0.15) is 26.7 Å². The molecule has 1 heteroatoms. The van der Waals surface area contributed by atoms with Crippen molar-refractivity contribution in [2.75, 3.05) is 7.11 Å². The Balaban J connectivity index is 3.31. The first-order chi connectivity index (χ1) is 6.69. The number of benzene rings is 1. The van der Waals surface area contributed by atoms with Crippen molar-refractivity contribution in [1.29, 1.82) is 0 Å². The SMILES string of the molecule is C=c1ccc(OC)c/c1=C(/C)CCC. The molecule has 14 heavy (non-hydrogen) atoms. The van der Waals surface area contributed by atoms with E-state index in [-0.39, 0.29) is 0 Å². The molecule has 0 aliphatic rings. The van der Waals surface area contributed by atoms with Gasteiger partial charge in [0.15, 0.2) is 0 Å². The van der Waals surface area contributed by atoms with E-state index in [9.17, 15) is 0 Å². The maximum atomic E-state index is 5.20. The van der Waals surface area contributed by atoms with Crippen LogP contribution in [0.5, 0.6) is 5.75 Å². The maximum absolute atomic E-state index is 5.20. The molecular weight excluding hydrogens is 172 g/mol. The molecule has 0 radical (unpaired) electrons. The monoisotopic (exact) mass is 190 g/mol. The Morgan fingerprint density at radius 3 is 2.71 bits per heavy atom. The van der Waals surface area contributed by atoms with E-state index in [0.717, 1.165) is 17.4 Å². The summed E-state index contributed by atoms with van der Waals surface area (Å²) >= 11 is 0. The summed E-state index contributed by atoms with van der Waals surface area (Å²) < 4.78 is 5.20. The van der Waals surface area contributed by atoms with Crippen LogP contribution >= 0.6 is 0 Å². The molecule has 76 valence electrons. The highest BCUT2D eigenvalue weighted by atomic mass is 16.5. The molecule has 0 bridgehead atoms. The molecule has 1 aromatic rings. The van der Waals surface area contributed by atoms with E-state index in [2.05, 4.69) is 26.5 Å². The molecule has 0 heterocycles. The number of hydrogen-bond acceptors (Lipinski definition) is 1. The summed E-state index contributed by atoms with van der Waals surface area (Å²) in [6.07, 6.45) is 2.29. The van der Waals surface area contributed by atoms with Crippen molar-refractivity contribution in [2.24, 2.45) is 0 Å². The van der Waals surface area contributed by atoms with E-state index in [0.29, 0.717) is 0 Å². The van der Waals surface area contributed by atoms with E-state index >= 15 is 0 Å². The van der Waals surface area contributed by atoms with Crippen molar-refractivity contribution in [1.82, 2.24) is 0 Å². The number of rotatable bonds is 3. The minimum Gasteiger partial charge on any atom is -0.497 e. The van der Waals surface area contributed by atoms with Gasteiger partial charge < -0.3 is 4.74 Å². The van der Waals surface area contributed by atoms with Crippen LogP contribution in [0, 0.1) is 0 Å². The first kappa shape index (κ1) is 10.8. The fourth-order valence-corrected chi connectivity index (χ4v) is 1.59. The second-order valence-corrected chi connectivity index (χ2v) is 3.55. The van der Waals surface area contributed by atoms with Gasteiger partial charge in [0.25, 0.3) is 0 Å². The van der Waals surface area contributed by atoms with Gasteiger partial charge in [0, 0.05) is 0 Å². The van der Waals surface area contributed by atoms with Crippen LogP contribution < -0.4 is 15.2 Å². The minimum atomic E-state index is 0.905. The van der Waals surface area contributed by atoms with Crippen LogP contribution in [-0.4, -0.2) is 7.11 Å². The van der Waals surface area contributed by atoms with E-state index in [1.807, 2.05) is 12.1 Å². The standard InChI is InChI=1S/C13H18O/c1-5-6-10(2)13-9-12(14-4)8-7-11(13)3/h7-9H,3,5-6H2,1-2,4H3/b13-10+. The highest BCUT2D eigenvalue weighted by Crippen LogP contribution is 2.05. The number of methoxy groups -OCH3 is 1. The van der Waals surface area contributed by atoms with E-state index in [4.69, 9.17) is 4.74 Å². The highest BCUT2D eigenvalue weighted by Gasteiger charge is 1.94. The fourth-order valence-electron chi connectivity index (χ4n) is 1.59.